The lowest BCUT2D eigenvalue weighted by Crippen LogP contribution is -2.31. The Morgan fingerprint density at radius 3 is 2.31 bits per heavy atom. The van der Waals surface area contributed by atoms with Gasteiger partial charge in [-0.15, -0.1) is 0 Å². The van der Waals surface area contributed by atoms with Crippen molar-refractivity contribution in [1.82, 2.24) is 14.9 Å². The van der Waals surface area contributed by atoms with E-state index in [2.05, 4.69) is 15.3 Å². The zero-order valence-corrected chi connectivity index (χ0v) is 15.4. The van der Waals surface area contributed by atoms with Crippen LogP contribution in [0.25, 0.3) is 0 Å². The molecule has 2 aromatic rings. The smallest absolute Gasteiger partial charge is 0.253 e. The van der Waals surface area contributed by atoms with Crippen molar-refractivity contribution < 1.29 is 9.59 Å². The minimum atomic E-state index is -0.131. The molecule has 1 aliphatic heterocycles. The predicted molar refractivity (Wildman–Crippen MR) is 102 cm³/mol. The normalized spacial score (nSPS) is 14.5. The largest absolute Gasteiger partial charge is 0.339 e. The van der Waals surface area contributed by atoms with Crippen LogP contribution in [0.3, 0.4) is 0 Å². The van der Waals surface area contributed by atoms with E-state index in [-0.39, 0.29) is 17.6 Å². The van der Waals surface area contributed by atoms with Crippen molar-refractivity contribution >= 4 is 29.3 Å². The Morgan fingerprint density at radius 1 is 1.00 bits per heavy atom. The first-order chi connectivity index (χ1) is 12.7. The molecule has 7 heteroatoms. The number of hydrogen-bond donors (Lipinski definition) is 1. The van der Waals surface area contributed by atoms with E-state index in [0.29, 0.717) is 16.4 Å². The van der Waals surface area contributed by atoms with Gasteiger partial charge in [0.05, 0.1) is 5.75 Å². The number of nitrogens with zero attached hydrogens (tertiary/aromatic N) is 3. The van der Waals surface area contributed by atoms with Crippen LogP contribution in [0.5, 0.6) is 0 Å². The molecule has 0 unspecified atom stereocenters. The fraction of sp³-hybridized carbons (Fsp3) is 0.368. The summed E-state index contributed by atoms with van der Waals surface area (Å²) in [6.07, 6.45) is 7.83. The summed E-state index contributed by atoms with van der Waals surface area (Å²) in [7, 11) is 0. The molecule has 0 atom stereocenters. The molecule has 1 saturated heterocycles. The van der Waals surface area contributed by atoms with Gasteiger partial charge in [-0.1, -0.05) is 24.6 Å². The van der Waals surface area contributed by atoms with E-state index in [9.17, 15) is 9.59 Å². The second kappa shape index (κ2) is 9.33. The third-order valence-electron chi connectivity index (χ3n) is 4.18. The summed E-state index contributed by atoms with van der Waals surface area (Å²) in [4.78, 5) is 34.7. The van der Waals surface area contributed by atoms with Crippen LogP contribution in [0.4, 0.5) is 5.69 Å². The van der Waals surface area contributed by atoms with Gasteiger partial charge in [0.1, 0.15) is 0 Å². The summed E-state index contributed by atoms with van der Waals surface area (Å²) in [5.74, 6) is 0.175. The van der Waals surface area contributed by atoms with Gasteiger partial charge < -0.3 is 10.2 Å². The number of amides is 2. The Kier molecular flexibility index (Phi) is 6.60. The summed E-state index contributed by atoms with van der Waals surface area (Å²) in [6.45, 7) is 1.66. The maximum absolute atomic E-state index is 12.6. The fourth-order valence-corrected chi connectivity index (χ4v) is 3.44. The number of likely N-dealkylation sites (tertiary alicyclic amines) is 1. The summed E-state index contributed by atoms with van der Waals surface area (Å²) in [5.41, 5.74) is 1.34. The molecule has 0 radical (unpaired) electrons. The molecule has 2 amide bonds. The SMILES string of the molecule is O=C(CSc1ncccn1)Nc1ccc(C(=O)N2CCCCCC2)cc1. The molecule has 2 heterocycles. The van der Waals surface area contributed by atoms with Crippen LogP contribution in [0, 0.1) is 0 Å². The van der Waals surface area contributed by atoms with Crippen molar-refractivity contribution in [3.8, 4) is 0 Å². The minimum absolute atomic E-state index is 0.0709. The first-order valence-corrected chi connectivity index (χ1v) is 9.80. The molecular weight excluding hydrogens is 348 g/mol. The number of benzene rings is 1. The van der Waals surface area contributed by atoms with Crippen molar-refractivity contribution in [2.75, 3.05) is 24.2 Å². The number of carbonyl (C=O) groups is 2. The molecule has 3 rings (SSSR count). The maximum atomic E-state index is 12.6. The number of rotatable bonds is 5. The average Bonchev–Trinajstić information content (AvgIpc) is 2.97. The van der Waals surface area contributed by atoms with E-state index in [0.717, 1.165) is 25.9 Å². The number of anilines is 1. The quantitative estimate of drug-likeness (QED) is 0.646. The Labute approximate surface area is 157 Å². The lowest BCUT2D eigenvalue weighted by Gasteiger charge is -2.20. The van der Waals surface area contributed by atoms with Crippen LogP contribution in [-0.2, 0) is 4.79 Å². The van der Waals surface area contributed by atoms with Crippen LogP contribution in [-0.4, -0.2) is 45.5 Å². The van der Waals surface area contributed by atoms with Gasteiger partial charge in [-0.2, -0.15) is 0 Å². The highest BCUT2D eigenvalue weighted by atomic mass is 32.2. The number of hydrogen-bond acceptors (Lipinski definition) is 5. The van der Waals surface area contributed by atoms with Crippen molar-refractivity contribution in [2.24, 2.45) is 0 Å². The van der Waals surface area contributed by atoms with E-state index < -0.39 is 0 Å². The van der Waals surface area contributed by atoms with Gasteiger partial charge in [0.25, 0.3) is 5.91 Å². The van der Waals surface area contributed by atoms with Crippen molar-refractivity contribution in [1.29, 1.82) is 0 Å². The zero-order chi connectivity index (χ0) is 18.2. The van der Waals surface area contributed by atoms with Crippen LogP contribution in [0.1, 0.15) is 36.0 Å². The molecule has 1 aromatic heterocycles. The monoisotopic (exact) mass is 370 g/mol. The molecule has 0 aliphatic carbocycles. The Balaban J connectivity index is 1.52. The first-order valence-electron chi connectivity index (χ1n) is 8.81. The van der Waals surface area contributed by atoms with Crippen molar-refractivity contribution in [3.05, 3.63) is 48.3 Å². The second-order valence-corrected chi connectivity index (χ2v) is 7.09. The van der Waals surface area contributed by atoms with Crippen LogP contribution < -0.4 is 5.32 Å². The third kappa shape index (κ3) is 5.29. The number of aromatic nitrogens is 2. The van der Waals surface area contributed by atoms with Gasteiger partial charge in [-0.3, -0.25) is 9.59 Å². The number of nitrogens with one attached hydrogen (secondary N) is 1. The Hall–Kier alpha value is -2.41. The molecule has 1 aromatic carbocycles. The van der Waals surface area contributed by atoms with Crippen LogP contribution in [0.15, 0.2) is 47.9 Å². The van der Waals surface area contributed by atoms with E-state index in [1.54, 1.807) is 42.7 Å². The average molecular weight is 370 g/mol. The van der Waals surface area contributed by atoms with Gasteiger partial charge in [0.2, 0.25) is 5.91 Å². The van der Waals surface area contributed by atoms with E-state index in [1.807, 2.05) is 4.90 Å². The van der Waals surface area contributed by atoms with Gasteiger partial charge in [-0.25, -0.2) is 9.97 Å². The minimum Gasteiger partial charge on any atom is -0.339 e. The molecule has 0 saturated carbocycles. The molecule has 136 valence electrons. The first kappa shape index (κ1) is 18.4. The van der Waals surface area contributed by atoms with Gasteiger partial charge >= 0.3 is 0 Å². The maximum Gasteiger partial charge on any atom is 0.253 e. The topological polar surface area (TPSA) is 75.2 Å². The van der Waals surface area contributed by atoms with Crippen molar-refractivity contribution in [3.63, 3.8) is 0 Å². The standard InChI is InChI=1S/C19H22N4O2S/c24-17(14-26-19-20-10-5-11-21-19)22-16-8-6-15(7-9-16)18(25)23-12-3-1-2-4-13-23/h5-11H,1-4,12-14H2,(H,22,24). The van der Waals surface area contributed by atoms with Gasteiger partial charge in [-0.05, 0) is 43.2 Å². The van der Waals surface area contributed by atoms with E-state index >= 15 is 0 Å². The van der Waals surface area contributed by atoms with E-state index in [1.165, 1.54) is 24.6 Å². The molecule has 0 spiro atoms. The predicted octanol–water partition coefficient (Wildman–Crippen LogP) is 3.22. The fourth-order valence-electron chi connectivity index (χ4n) is 2.84. The van der Waals surface area contributed by atoms with Gasteiger partial charge in [0.15, 0.2) is 5.16 Å². The lowest BCUT2D eigenvalue weighted by molar-refractivity contribution is -0.113. The summed E-state index contributed by atoms with van der Waals surface area (Å²) in [6, 6.07) is 8.82. The zero-order valence-electron chi connectivity index (χ0n) is 14.6. The lowest BCUT2D eigenvalue weighted by atomic mass is 10.1. The summed E-state index contributed by atoms with van der Waals surface area (Å²) >= 11 is 1.28. The molecule has 26 heavy (non-hydrogen) atoms. The van der Waals surface area contributed by atoms with Gasteiger partial charge in [0, 0.05) is 36.7 Å². The molecular formula is C19H22N4O2S. The number of carbonyl (C=O) groups excluding carboxylic acids is 2. The Morgan fingerprint density at radius 2 is 1.65 bits per heavy atom. The highest BCUT2D eigenvalue weighted by Gasteiger charge is 2.17. The molecule has 6 nitrogen and oxygen atoms in total. The molecule has 1 N–H and O–H groups in total. The van der Waals surface area contributed by atoms with Crippen LogP contribution >= 0.6 is 11.8 Å². The highest BCUT2D eigenvalue weighted by molar-refractivity contribution is 7.99. The molecule has 1 fully saturated rings. The van der Waals surface area contributed by atoms with Crippen LogP contribution in [0.2, 0.25) is 0 Å². The molecule has 1 aliphatic rings. The van der Waals surface area contributed by atoms with E-state index in [4.69, 9.17) is 0 Å². The summed E-state index contributed by atoms with van der Waals surface area (Å²) in [5, 5.41) is 3.40. The van der Waals surface area contributed by atoms with Crippen molar-refractivity contribution in [2.45, 2.75) is 30.8 Å². The highest BCUT2D eigenvalue weighted by Crippen LogP contribution is 2.16. The third-order valence-corrected chi connectivity index (χ3v) is 5.06. The summed E-state index contributed by atoms with van der Waals surface area (Å²) < 4.78 is 0. The molecule has 0 bridgehead atoms. The second-order valence-electron chi connectivity index (χ2n) is 6.15. The Bertz CT molecular complexity index is 729. The number of thioether (sulfide) groups is 1.